The van der Waals surface area contributed by atoms with Gasteiger partial charge in [-0.05, 0) is 30.2 Å². The standard InChI is InChI=1S/C33H30F2N6.C2H2/c1-3-29(36)26(14-31-40-30-20-39-19-27(33(30)41-31)25-11-7-8-12-28(25)34)32(35)21(2)24-13-23(17-38-18-24)16-37-15-22-9-5-4-6-10-22;1-2/h3-13,17-20,37H,2,14-16,36H2,1H3,(H,40,41);1-2H/b29-3+,32-26+;. The summed E-state index contributed by atoms with van der Waals surface area (Å²) in [5.41, 5.74) is 11.6. The molecule has 5 aromatic rings. The van der Waals surface area contributed by atoms with Crippen molar-refractivity contribution in [1.82, 2.24) is 25.3 Å². The number of aromatic nitrogens is 4. The molecule has 0 atom stereocenters. The van der Waals surface area contributed by atoms with Crippen molar-refractivity contribution in [2.24, 2.45) is 5.73 Å². The van der Waals surface area contributed by atoms with Gasteiger partial charge in [0.2, 0.25) is 0 Å². The second-order valence-electron chi connectivity index (χ2n) is 9.61. The minimum Gasteiger partial charge on any atom is -0.399 e. The summed E-state index contributed by atoms with van der Waals surface area (Å²) in [6, 6.07) is 18.4. The Labute approximate surface area is 250 Å². The maximum Gasteiger partial charge on any atom is 0.136 e. The molecular formula is C35H32F2N6. The summed E-state index contributed by atoms with van der Waals surface area (Å²) in [4.78, 5) is 16.4. The first-order chi connectivity index (χ1) is 20.9. The van der Waals surface area contributed by atoms with Gasteiger partial charge in [-0.3, -0.25) is 9.97 Å². The van der Waals surface area contributed by atoms with Crippen LogP contribution in [0.5, 0.6) is 0 Å². The molecule has 2 aromatic carbocycles. The van der Waals surface area contributed by atoms with Crippen LogP contribution in [-0.4, -0.2) is 19.9 Å². The molecule has 0 saturated heterocycles. The van der Waals surface area contributed by atoms with Crippen molar-refractivity contribution < 1.29 is 8.78 Å². The number of imidazole rings is 1. The van der Waals surface area contributed by atoms with Crippen LogP contribution in [0.2, 0.25) is 0 Å². The Morgan fingerprint density at radius 3 is 2.40 bits per heavy atom. The third kappa shape index (κ3) is 7.28. The molecule has 8 heteroatoms. The van der Waals surface area contributed by atoms with Crippen LogP contribution in [0.15, 0.2) is 115 Å². The summed E-state index contributed by atoms with van der Waals surface area (Å²) in [5, 5.41) is 3.38. The van der Waals surface area contributed by atoms with Crippen molar-refractivity contribution in [3.8, 4) is 24.0 Å². The van der Waals surface area contributed by atoms with E-state index in [4.69, 9.17) is 5.73 Å². The largest absolute Gasteiger partial charge is 0.399 e. The number of hydrogen-bond donors (Lipinski definition) is 3. The van der Waals surface area contributed by atoms with Crippen LogP contribution in [0.4, 0.5) is 8.78 Å². The van der Waals surface area contributed by atoms with Gasteiger partial charge in [-0.2, -0.15) is 0 Å². The summed E-state index contributed by atoms with van der Waals surface area (Å²) in [6.45, 7) is 7.03. The maximum absolute atomic E-state index is 16.0. The monoisotopic (exact) mass is 574 g/mol. The highest BCUT2D eigenvalue weighted by atomic mass is 19.1. The summed E-state index contributed by atoms with van der Waals surface area (Å²) < 4.78 is 30.6. The van der Waals surface area contributed by atoms with E-state index in [1.54, 1.807) is 56.0 Å². The average molecular weight is 575 g/mol. The number of nitrogens with two attached hydrogens (primary N) is 1. The fourth-order valence-electron chi connectivity index (χ4n) is 4.60. The first-order valence-electron chi connectivity index (χ1n) is 13.5. The number of halogens is 2. The lowest BCUT2D eigenvalue weighted by Gasteiger charge is -2.12. The van der Waals surface area contributed by atoms with Gasteiger partial charge in [-0.15, -0.1) is 12.8 Å². The van der Waals surface area contributed by atoms with Crippen molar-refractivity contribution in [3.05, 3.63) is 144 Å². The van der Waals surface area contributed by atoms with Gasteiger partial charge in [-0.1, -0.05) is 61.2 Å². The van der Waals surface area contributed by atoms with E-state index in [1.165, 1.54) is 11.6 Å². The molecule has 0 bridgehead atoms. The molecule has 6 nitrogen and oxygen atoms in total. The Morgan fingerprint density at radius 1 is 0.953 bits per heavy atom. The zero-order valence-corrected chi connectivity index (χ0v) is 23.8. The van der Waals surface area contributed by atoms with Gasteiger partial charge in [0.05, 0.1) is 17.2 Å². The van der Waals surface area contributed by atoms with Crippen LogP contribution >= 0.6 is 0 Å². The van der Waals surface area contributed by atoms with E-state index >= 15 is 4.39 Å². The normalized spacial score (nSPS) is 11.9. The summed E-state index contributed by atoms with van der Waals surface area (Å²) >= 11 is 0. The van der Waals surface area contributed by atoms with Crippen molar-refractivity contribution >= 4 is 16.6 Å². The Hall–Kier alpha value is -5.39. The zero-order chi connectivity index (χ0) is 30.8. The van der Waals surface area contributed by atoms with Gasteiger partial charge in [0, 0.05) is 71.6 Å². The fraction of sp³-hybridized carbons (Fsp3) is 0.114. The number of pyridine rings is 2. The maximum atomic E-state index is 16.0. The van der Waals surface area contributed by atoms with Crippen molar-refractivity contribution in [2.45, 2.75) is 26.4 Å². The molecule has 0 saturated carbocycles. The van der Waals surface area contributed by atoms with Gasteiger partial charge < -0.3 is 16.0 Å². The number of fused-ring (bicyclic) bond motifs is 1. The minimum atomic E-state index is -0.551. The van der Waals surface area contributed by atoms with E-state index in [9.17, 15) is 4.39 Å². The molecule has 0 spiro atoms. The van der Waals surface area contributed by atoms with Crippen LogP contribution in [-0.2, 0) is 19.5 Å². The number of nitrogens with zero attached hydrogens (tertiary/aromatic N) is 3. The lowest BCUT2D eigenvalue weighted by molar-refractivity contribution is 0.631. The first kappa shape index (κ1) is 30.6. The molecule has 3 aromatic heterocycles. The van der Waals surface area contributed by atoms with Crippen LogP contribution in [0, 0.1) is 18.7 Å². The van der Waals surface area contributed by atoms with Crippen molar-refractivity contribution in [3.63, 3.8) is 0 Å². The highest BCUT2D eigenvalue weighted by Crippen LogP contribution is 2.31. The number of rotatable bonds is 10. The van der Waals surface area contributed by atoms with Crippen LogP contribution in [0.25, 0.3) is 27.7 Å². The molecule has 4 N–H and O–H groups in total. The molecule has 216 valence electrons. The molecule has 0 aliphatic heterocycles. The highest BCUT2D eigenvalue weighted by Gasteiger charge is 2.19. The van der Waals surface area contributed by atoms with Crippen molar-refractivity contribution in [2.75, 3.05) is 0 Å². The molecular weight excluding hydrogens is 542 g/mol. The quantitative estimate of drug-likeness (QED) is 0.123. The molecule has 0 radical (unpaired) electrons. The molecule has 0 fully saturated rings. The Morgan fingerprint density at radius 2 is 1.65 bits per heavy atom. The highest BCUT2D eigenvalue weighted by molar-refractivity contribution is 5.91. The second kappa shape index (κ2) is 14.5. The van der Waals surface area contributed by atoms with Crippen LogP contribution in [0.3, 0.4) is 0 Å². The molecule has 5 rings (SSSR count). The van der Waals surface area contributed by atoms with Crippen LogP contribution < -0.4 is 11.1 Å². The van der Waals surface area contributed by atoms with E-state index in [-0.39, 0.29) is 29.1 Å². The third-order valence-electron chi connectivity index (χ3n) is 6.79. The molecule has 43 heavy (non-hydrogen) atoms. The fourth-order valence-corrected chi connectivity index (χ4v) is 4.60. The number of allylic oxidation sites excluding steroid dienone is 4. The SMILES string of the molecule is C#C.C=C(/C(F)=C(Cc1nc2c(-c3ccccc3F)cncc2[nH]1)\C(N)=C/C)c1cncc(CNCc2ccccc2)c1. The Balaban J connectivity index is 0.00000207. The second-order valence-corrected chi connectivity index (χ2v) is 9.61. The van der Waals surface area contributed by atoms with E-state index < -0.39 is 5.83 Å². The Kier molecular flexibility index (Phi) is 10.3. The number of aromatic amines is 1. The lowest BCUT2D eigenvalue weighted by atomic mass is 9.99. The predicted octanol–water partition coefficient (Wildman–Crippen LogP) is 7.04. The molecule has 0 unspecified atom stereocenters. The topological polar surface area (TPSA) is 92.5 Å². The smallest absolute Gasteiger partial charge is 0.136 e. The number of terminal acetylenes is 1. The first-order valence-corrected chi connectivity index (χ1v) is 13.5. The molecule has 0 aliphatic rings. The average Bonchev–Trinajstić information content (AvgIpc) is 3.47. The van der Waals surface area contributed by atoms with E-state index in [2.05, 4.69) is 56.8 Å². The Bertz CT molecular complexity index is 1800. The molecule has 0 aliphatic carbocycles. The van der Waals surface area contributed by atoms with Gasteiger partial charge in [-0.25, -0.2) is 13.8 Å². The molecule has 3 heterocycles. The summed E-state index contributed by atoms with van der Waals surface area (Å²) in [6.07, 6.45) is 16.2. The van der Waals surface area contributed by atoms with E-state index in [0.29, 0.717) is 46.6 Å². The number of hydrogen-bond acceptors (Lipinski definition) is 5. The summed E-state index contributed by atoms with van der Waals surface area (Å²) in [5.74, 6) is -0.464. The van der Waals surface area contributed by atoms with E-state index in [1.807, 2.05) is 24.3 Å². The number of nitrogens with one attached hydrogen (secondary N) is 2. The third-order valence-corrected chi connectivity index (χ3v) is 6.79. The van der Waals surface area contributed by atoms with Crippen LogP contribution in [0.1, 0.15) is 29.4 Å². The van der Waals surface area contributed by atoms with E-state index in [0.717, 1.165) is 5.56 Å². The number of H-pyrrole nitrogens is 1. The molecule has 0 amide bonds. The minimum absolute atomic E-state index is 0.0676. The predicted molar refractivity (Wildman–Crippen MR) is 169 cm³/mol. The van der Waals surface area contributed by atoms with Gasteiger partial charge in [0.15, 0.2) is 0 Å². The van der Waals surface area contributed by atoms with Crippen molar-refractivity contribution in [1.29, 1.82) is 0 Å². The van der Waals surface area contributed by atoms with Gasteiger partial charge in [0.25, 0.3) is 0 Å². The summed E-state index contributed by atoms with van der Waals surface area (Å²) in [7, 11) is 0. The lowest BCUT2D eigenvalue weighted by Crippen LogP contribution is -2.13. The van der Waals surface area contributed by atoms with Gasteiger partial charge in [0.1, 0.15) is 17.5 Å². The number of benzene rings is 2. The zero-order valence-electron chi connectivity index (χ0n) is 23.8. The van der Waals surface area contributed by atoms with Gasteiger partial charge >= 0.3 is 0 Å².